The second-order valence-electron chi connectivity index (χ2n) is 13.2. The summed E-state index contributed by atoms with van der Waals surface area (Å²) in [5.74, 6) is 1.42. The van der Waals surface area contributed by atoms with Crippen molar-refractivity contribution >= 4 is 10.4 Å². The molecule has 4 fully saturated rings. The smallest absolute Gasteiger partial charge is 0.396 e. The van der Waals surface area contributed by atoms with Crippen molar-refractivity contribution in [3.8, 4) is 0 Å². The minimum atomic E-state index is -4.51. The molecule has 0 heterocycles. The Hall–Kier alpha value is -0.290. The first-order valence-electron chi connectivity index (χ1n) is 14.1. The highest BCUT2D eigenvalue weighted by molar-refractivity contribution is 7.80. The molecule has 12 atom stereocenters. The Morgan fingerprint density at radius 1 is 1.00 bits per heavy atom. The van der Waals surface area contributed by atoms with Crippen molar-refractivity contribution < 1.29 is 37.6 Å². The Bertz CT molecular complexity index is 866. The minimum Gasteiger partial charge on any atom is -0.396 e. The quantitative estimate of drug-likeness (QED) is 0.285. The number of hydrogen-bond donors (Lipinski definition) is 5. The van der Waals surface area contributed by atoms with E-state index in [9.17, 15) is 28.8 Å². The van der Waals surface area contributed by atoms with Gasteiger partial charge in [0.2, 0.25) is 0 Å². The molecule has 36 heavy (non-hydrogen) atoms. The van der Waals surface area contributed by atoms with Crippen molar-refractivity contribution in [1.29, 1.82) is 0 Å². The van der Waals surface area contributed by atoms with Gasteiger partial charge in [-0.3, -0.25) is 4.55 Å². The van der Waals surface area contributed by atoms with Crippen LogP contribution in [0.1, 0.15) is 85.0 Å². The lowest BCUT2D eigenvalue weighted by atomic mass is 9.43. The van der Waals surface area contributed by atoms with E-state index in [1.807, 2.05) is 0 Å². The molecule has 210 valence electrons. The molecule has 0 saturated heterocycles. The van der Waals surface area contributed by atoms with E-state index >= 15 is 0 Å². The third-order valence-corrected chi connectivity index (χ3v) is 11.9. The predicted octanol–water partition coefficient (Wildman–Crippen LogP) is 3.18. The van der Waals surface area contributed by atoms with Gasteiger partial charge < -0.3 is 20.4 Å². The van der Waals surface area contributed by atoms with Crippen molar-refractivity contribution in [3.05, 3.63) is 0 Å². The van der Waals surface area contributed by atoms with Crippen LogP contribution in [0.3, 0.4) is 0 Å². The van der Waals surface area contributed by atoms with Crippen LogP contribution in [0.2, 0.25) is 0 Å². The van der Waals surface area contributed by atoms with E-state index in [1.165, 1.54) is 0 Å². The van der Waals surface area contributed by atoms with Gasteiger partial charge in [0.15, 0.2) is 0 Å². The van der Waals surface area contributed by atoms with Gasteiger partial charge in [0, 0.05) is 12.5 Å². The van der Waals surface area contributed by atoms with Gasteiger partial charge in [0.05, 0.1) is 24.9 Å². The summed E-state index contributed by atoms with van der Waals surface area (Å²) in [7, 11) is -4.51. The number of fused-ring (bicyclic) bond motifs is 5. The number of hydrogen-bond acceptors (Lipinski definition) is 7. The van der Waals surface area contributed by atoms with Crippen molar-refractivity contribution in [1.82, 2.24) is 0 Å². The van der Waals surface area contributed by atoms with Crippen molar-refractivity contribution in [3.63, 3.8) is 0 Å². The molecule has 0 aromatic rings. The zero-order chi connectivity index (χ0) is 26.5. The van der Waals surface area contributed by atoms with Gasteiger partial charge in [-0.2, -0.15) is 8.42 Å². The molecule has 0 amide bonds. The van der Waals surface area contributed by atoms with Crippen LogP contribution in [-0.4, -0.2) is 64.9 Å². The van der Waals surface area contributed by atoms with Gasteiger partial charge in [-0.1, -0.05) is 33.6 Å². The minimum absolute atomic E-state index is 0.0680. The van der Waals surface area contributed by atoms with E-state index in [4.69, 9.17) is 4.55 Å². The van der Waals surface area contributed by atoms with Gasteiger partial charge in [0.25, 0.3) is 0 Å². The molecule has 5 N–H and O–H groups in total. The monoisotopic (exact) mass is 532 g/mol. The second kappa shape index (κ2) is 10.7. The Kier molecular flexibility index (Phi) is 8.53. The summed E-state index contributed by atoms with van der Waals surface area (Å²) in [6, 6.07) is 0. The highest BCUT2D eigenvalue weighted by atomic mass is 32.3. The van der Waals surface area contributed by atoms with E-state index in [1.54, 1.807) is 0 Å². The molecule has 8 nitrogen and oxygen atoms in total. The summed E-state index contributed by atoms with van der Waals surface area (Å²) in [6.45, 7) is 6.39. The van der Waals surface area contributed by atoms with E-state index in [0.29, 0.717) is 24.2 Å². The summed E-state index contributed by atoms with van der Waals surface area (Å²) in [6.07, 6.45) is 7.30. The lowest BCUT2D eigenvalue weighted by Crippen LogP contribution is -2.62. The molecule has 0 bridgehead atoms. The molecule has 0 spiro atoms. The fraction of sp³-hybridized carbons (Fsp3) is 1.00. The lowest BCUT2D eigenvalue weighted by Gasteiger charge is -2.63. The summed E-state index contributed by atoms with van der Waals surface area (Å²) in [5.41, 5.74) is -0.179. The van der Waals surface area contributed by atoms with Gasteiger partial charge in [-0.05, 0) is 97.7 Å². The van der Waals surface area contributed by atoms with Crippen LogP contribution in [0, 0.1) is 52.3 Å². The van der Waals surface area contributed by atoms with Crippen LogP contribution in [0.4, 0.5) is 0 Å². The van der Waals surface area contributed by atoms with Crippen molar-refractivity contribution in [2.24, 2.45) is 52.3 Å². The molecule has 4 saturated carbocycles. The molecule has 0 aliphatic heterocycles. The Morgan fingerprint density at radius 2 is 1.72 bits per heavy atom. The first kappa shape index (κ1) is 28.7. The lowest BCUT2D eigenvalue weighted by molar-refractivity contribution is -0.207. The zero-order valence-corrected chi connectivity index (χ0v) is 22.9. The van der Waals surface area contributed by atoms with Crippen LogP contribution in [0.25, 0.3) is 0 Å². The molecule has 4 aliphatic rings. The summed E-state index contributed by atoms with van der Waals surface area (Å²) < 4.78 is 34.9. The largest absolute Gasteiger partial charge is 0.397 e. The van der Waals surface area contributed by atoms with Crippen LogP contribution in [0.15, 0.2) is 0 Å². The summed E-state index contributed by atoms with van der Waals surface area (Å²) in [4.78, 5) is 0. The van der Waals surface area contributed by atoms with E-state index in [-0.39, 0.29) is 59.9 Å². The zero-order valence-electron chi connectivity index (χ0n) is 22.1. The van der Waals surface area contributed by atoms with Crippen LogP contribution in [-0.2, 0) is 14.6 Å². The SMILES string of the molecule is CC(CCCC(CO)COS(=O)(=O)O)[C@H]1CC[C@H]2[C@@H]3[C@H](O)C[C@H]4C[C@H](O)CCC4(C)[C@H]3C[C@H](O)C12C. The molecular formula is C27H48O8S. The average molecular weight is 533 g/mol. The third kappa shape index (κ3) is 5.27. The Labute approximate surface area is 216 Å². The van der Waals surface area contributed by atoms with E-state index in [2.05, 4.69) is 25.0 Å². The van der Waals surface area contributed by atoms with Gasteiger partial charge in [-0.25, -0.2) is 4.18 Å². The first-order valence-corrected chi connectivity index (χ1v) is 15.4. The molecule has 4 aliphatic carbocycles. The number of aliphatic hydroxyl groups is 4. The molecule has 0 aromatic heterocycles. The van der Waals surface area contributed by atoms with Crippen LogP contribution < -0.4 is 0 Å². The van der Waals surface area contributed by atoms with Gasteiger partial charge in [0.1, 0.15) is 0 Å². The van der Waals surface area contributed by atoms with Crippen molar-refractivity contribution in [2.45, 2.75) is 103 Å². The summed E-state index contributed by atoms with van der Waals surface area (Å²) >= 11 is 0. The first-order chi connectivity index (χ1) is 16.8. The van der Waals surface area contributed by atoms with Gasteiger partial charge in [-0.15, -0.1) is 0 Å². The molecule has 9 heteroatoms. The fourth-order valence-electron chi connectivity index (χ4n) is 9.47. The molecule has 4 rings (SSSR count). The van der Waals surface area contributed by atoms with E-state index < -0.39 is 16.5 Å². The number of rotatable bonds is 9. The fourth-order valence-corrected chi connectivity index (χ4v) is 9.84. The molecule has 0 aromatic carbocycles. The van der Waals surface area contributed by atoms with Crippen LogP contribution in [0.5, 0.6) is 0 Å². The number of aliphatic hydroxyl groups excluding tert-OH is 4. The summed E-state index contributed by atoms with van der Waals surface area (Å²) in [5, 5.41) is 42.9. The third-order valence-electron chi connectivity index (χ3n) is 11.5. The normalized spacial score (nSPS) is 46.4. The maximum atomic E-state index is 11.7. The molecular weight excluding hydrogens is 484 g/mol. The van der Waals surface area contributed by atoms with Crippen LogP contribution >= 0.6 is 0 Å². The Balaban J connectivity index is 1.42. The van der Waals surface area contributed by atoms with E-state index in [0.717, 1.165) is 57.8 Å². The maximum Gasteiger partial charge on any atom is 0.397 e. The highest BCUT2D eigenvalue weighted by Gasteiger charge is 2.65. The predicted molar refractivity (Wildman–Crippen MR) is 135 cm³/mol. The molecule has 4 unspecified atom stereocenters. The second-order valence-corrected chi connectivity index (χ2v) is 14.3. The van der Waals surface area contributed by atoms with Crippen molar-refractivity contribution in [2.75, 3.05) is 13.2 Å². The molecule has 0 radical (unpaired) electrons. The standard InChI is InChI=1S/C27H48O8S/c1-16(5-4-6-17(14-28)15-35-36(32,33)34)20-7-8-21-25-22(13-24(31)27(20,21)3)26(2)10-9-19(29)11-18(26)12-23(25)30/h16-25,28-31H,4-15H2,1-3H3,(H,32,33,34)/t16?,17?,18-,19-,20-,21+,22+,23-,24+,25+,26?,27?/m1/s1. The van der Waals surface area contributed by atoms with Gasteiger partial charge >= 0.3 is 10.4 Å². The average Bonchev–Trinajstić information content (AvgIpc) is 3.16. The highest BCUT2D eigenvalue weighted by Crippen LogP contribution is 2.68. The Morgan fingerprint density at radius 3 is 2.39 bits per heavy atom. The maximum absolute atomic E-state index is 11.7. The topological polar surface area (TPSA) is 145 Å².